The lowest BCUT2D eigenvalue weighted by molar-refractivity contribution is -0.117. The van der Waals surface area contributed by atoms with E-state index in [1.165, 1.54) is 11.1 Å². The number of hydrogen-bond donors (Lipinski definition) is 0. The zero-order chi connectivity index (χ0) is 9.54. The zero-order valence-electron chi connectivity index (χ0n) is 7.99. The second-order valence-electron chi connectivity index (χ2n) is 4.04. The fraction of sp³-hybridized carbons (Fsp3) is 0.308. The molecule has 0 aromatic rings. The first-order chi connectivity index (χ1) is 6.88. The molecule has 0 radical (unpaired) electrons. The summed E-state index contributed by atoms with van der Waals surface area (Å²) in [7, 11) is 0. The summed E-state index contributed by atoms with van der Waals surface area (Å²) in [6.45, 7) is 0. The molecule has 0 spiro atoms. The highest BCUT2D eigenvalue weighted by molar-refractivity contribution is 6.07. The van der Waals surface area contributed by atoms with Gasteiger partial charge >= 0.3 is 0 Å². The topological polar surface area (TPSA) is 17.1 Å². The van der Waals surface area contributed by atoms with Gasteiger partial charge in [0.1, 0.15) is 0 Å². The Balaban J connectivity index is 2.15. The number of ketones is 1. The van der Waals surface area contributed by atoms with Crippen molar-refractivity contribution in [1.82, 2.24) is 0 Å². The molecule has 0 bridgehead atoms. The second kappa shape index (κ2) is 2.81. The fourth-order valence-electron chi connectivity index (χ4n) is 2.57. The third-order valence-electron chi connectivity index (χ3n) is 3.26. The average molecular weight is 184 g/mol. The number of carbonyl (C=O) groups is 1. The molecule has 0 saturated heterocycles. The Morgan fingerprint density at radius 1 is 1.29 bits per heavy atom. The standard InChI is InChI=1S/C13H12O/c14-13-11-7-3-1-5-9(11)10-6-2-4-8-12(10)13/h1,3-5,8,11H,2,6-7H2. The van der Waals surface area contributed by atoms with Crippen LogP contribution in [-0.2, 0) is 4.79 Å². The molecule has 3 rings (SSSR count). The number of carbonyl (C=O) groups excluding carboxylic acids is 1. The predicted molar refractivity (Wildman–Crippen MR) is 55.7 cm³/mol. The molecule has 1 nitrogen and oxygen atoms in total. The van der Waals surface area contributed by atoms with Gasteiger partial charge in [-0.25, -0.2) is 0 Å². The van der Waals surface area contributed by atoms with Gasteiger partial charge < -0.3 is 0 Å². The van der Waals surface area contributed by atoms with E-state index >= 15 is 0 Å². The Kier molecular flexibility index (Phi) is 1.60. The van der Waals surface area contributed by atoms with Crippen LogP contribution in [0.3, 0.4) is 0 Å². The normalized spacial score (nSPS) is 29.0. The lowest BCUT2D eigenvalue weighted by Gasteiger charge is -2.14. The van der Waals surface area contributed by atoms with E-state index in [0.29, 0.717) is 5.78 Å². The smallest absolute Gasteiger partial charge is 0.170 e. The van der Waals surface area contributed by atoms with Gasteiger partial charge in [0, 0.05) is 5.57 Å². The third-order valence-corrected chi connectivity index (χ3v) is 3.26. The van der Waals surface area contributed by atoms with E-state index < -0.39 is 0 Å². The third kappa shape index (κ3) is 0.926. The molecule has 0 amide bonds. The summed E-state index contributed by atoms with van der Waals surface area (Å²) in [5.41, 5.74) is 3.58. The zero-order valence-corrected chi connectivity index (χ0v) is 7.99. The van der Waals surface area contributed by atoms with Crippen molar-refractivity contribution in [2.45, 2.75) is 19.3 Å². The number of allylic oxidation sites excluding steroid dienone is 8. The largest absolute Gasteiger partial charge is 0.293 e. The van der Waals surface area contributed by atoms with E-state index in [9.17, 15) is 4.79 Å². The van der Waals surface area contributed by atoms with Crippen LogP contribution in [0.1, 0.15) is 19.3 Å². The quantitative estimate of drug-likeness (QED) is 0.565. The maximum absolute atomic E-state index is 12.0. The summed E-state index contributed by atoms with van der Waals surface area (Å²) in [4.78, 5) is 12.0. The van der Waals surface area contributed by atoms with E-state index in [1.807, 2.05) is 6.08 Å². The van der Waals surface area contributed by atoms with Crippen LogP contribution in [0.5, 0.6) is 0 Å². The van der Waals surface area contributed by atoms with Crippen LogP contribution in [0.4, 0.5) is 0 Å². The molecule has 1 heteroatoms. The van der Waals surface area contributed by atoms with Crippen LogP contribution in [0, 0.1) is 5.92 Å². The number of Topliss-reactive ketones (excluding diaryl/α,β-unsaturated/α-hetero) is 1. The molecule has 0 fully saturated rings. The molecule has 0 N–H and O–H groups in total. The van der Waals surface area contributed by atoms with E-state index in [-0.39, 0.29) is 5.92 Å². The minimum atomic E-state index is 0.146. The monoisotopic (exact) mass is 184 g/mol. The minimum Gasteiger partial charge on any atom is -0.293 e. The lowest BCUT2D eigenvalue weighted by atomic mass is 9.89. The predicted octanol–water partition coefficient (Wildman–Crippen LogP) is 2.72. The van der Waals surface area contributed by atoms with E-state index in [0.717, 1.165) is 24.8 Å². The lowest BCUT2D eigenvalue weighted by Crippen LogP contribution is -2.11. The SMILES string of the molecule is O=C1C2=C(CCC=C2)C2=CC=CCC12. The molecule has 3 aliphatic carbocycles. The van der Waals surface area contributed by atoms with E-state index in [2.05, 4.69) is 24.3 Å². The van der Waals surface area contributed by atoms with Crippen molar-refractivity contribution in [3.8, 4) is 0 Å². The van der Waals surface area contributed by atoms with Crippen LogP contribution in [0.25, 0.3) is 0 Å². The minimum absolute atomic E-state index is 0.146. The summed E-state index contributed by atoms with van der Waals surface area (Å²) in [5.74, 6) is 0.485. The van der Waals surface area contributed by atoms with Crippen molar-refractivity contribution in [3.05, 3.63) is 47.1 Å². The van der Waals surface area contributed by atoms with Crippen LogP contribution >= 0.6 is 0 Å². The van der Waals surface area contributed by atoms with Crippen molar-refractivity contribution in [2.75, 3.05) is 0 Å². The maximum Gasteiger partial charge on any atom is 0.170 e. The van der Waals surface area contributed by atoms with Gasteiger partial charge in [0.15, 0.2) is 5.78 Å². The first-order valence-corrected chi connectivity index (χ1v) is 5.19. The van der Waals surface area contributed by atoms with Crippen molar-refractivity contribution < 1.29 is 4.79 Å². The number of fused-ring (bicyclic) bond motifs is 2. The summed E-state index contributed by atoms with van der Waals surface area (Å²) < 4.78 is 0. The molecular formula is C13H12O. The molecular weight excluding hydrogens is 172 g/mol. The molecule has 0 saturated carbocycles. The van der Waals surface area contributed by atoms with Gasteiger partial charge in [-0.15, -0.1) is 0 Å². The number of rotatable bonds is 0. The molecule has 70 valence electrons. The van der Waals surface area contributed by atoms with Crippen LogP contribution < -0.4 is 0 Å². The average Bonchev–Trinajstić information content (AvgIpc) is 2.55. The Bertz CT molecular complexity index is 419. The van der Waals surface area contributed by atoms with Crippen LogP contribution in [-0.4, -0.2) is 5.78 Å². The van der Waals surface area contributed by atoms with Crippen LogP contribution in [0.2, 0.25) is 0 Å². The van der Waals surface area contributed by atoms with E-state index in [1.54, 1.807) is 0 Å². The van der Waals surface area contributed by atoms with Crippen LogP contribution in [0.15, 0.2) is 47.1 Å². The molecule has 0 aromatic carbocycles. The van der Waals surface area contributed by atoms with Crippen molar-refractivity contribution in [2.24, 2.45) is 5.92 Å². The molecule has 0 aliphatic heterocycles. The number of hydrogen-bond acceptors (Lipinski definition) is 1. The van der Waals surface area contributed by atoms with Gasteiger partial charge in [-0.3, -0.25) is 4.79 Å². The van der Waals surface area contributed by atoms with Gasteiger partial charge in [-0.2, -0.15) is 0 Å². The van der Waals surface area contributed by atoms with Crippen molar-refractivity contribution in [1.29, 1.82) is 0 Å². The summed E-state index contributed by atoms with van der Waals surface area (Å²) in [6.07, 6.45) is 13.4. The Morgan fingerprint density at radius 3 is 3.14 bits per heavy atom. The highest BCUT2D eigenvalue weighted by atomic mass is 16.1. The Morgan fingerprint density at radius 2 is 2.21 bits per heavy atom. The van der Waals surface area contributed by atoms with Crippen molar-refractivity contribution in [3.63, 3.8) is 0 Å². The second-order valence-corrected chi connectivity index (χ2v) is 4.04. The summed E-state index contributed by atoms with van der Waals surface area (Å²) in [5, 5.41) is 0. The molecule has 1 atom stereocenters. The molecule has 0 aromatic heterocycles. The highest BCUT2D eigenvalue weighted by Crippen LogP contribution is 2.42. The van der Waals surface area contributed by atoms with Gasteiger partial charge in [-0.1, -0.05) is 30.4 Å². The molecule has 3 aliphatic rings. The fourth-order valence-corrected chi connectivity index (χ4v) is 2.57. The summed E-state index contributed by atoms with van der Waals surface area (Å²) >= 11 is 0. The first-order valence-electron chi connectivity index (χ1n) is 5.19. The van der Waals surface area contributed by atoms with Gasteiger partial charge in [0.25, 0.3) is 0 Å². The highest BCUT2D eigenvalue weighted by Gasteiger charge is 2.36. The van der Waals surface area contributed by atoms with Gasteiger partial charge in [0.05, 0.1) is 5.92 Å². The Labute approximate surface area is 83.5 Å². The van der Waals surface area contributed by atoms with Gasteiger partial charge in [-0.05, 0) is 30.4 Å². The van der Waals surface area contributed by atoms with E-state index in [4.69, 9.17) is 0 Å². The van der Waals surface area contributed by atoms with Gasteiger partial charge in [0.2, 0.25) is 0 Å². The molecule has 0 heterocycles. The summed E-state index contributed by atoms with van der Waals surface area (Å²) in [6, 6.07) is 0. The first kappa shape index (κ1) is 7.98. The Hall–Kier alpha value is -1.37. The maximum atomic E-state index is 12.0. The molecule has 1 unspecified atom stereocenters. The molecule has 14 heavy (non-hydrogen) atoms. The van der Waals surface area contributed by atoms with Crippen molar-refractivity contribution >= 4 is 5.78 Å².